The Labute approximate surface area is 147 Å². The van der Waals surface area contributed by atoms with Crippen LogP contribution in [0.4, 0.5) is 5.69 Å². The molecule has 1 aromatic rings. The van der Waals surface area contributed by atoms with E-state index in [1.807, 2.05) is 14.0 Å². The number of unbranched alkanes of at least 4 members (excludes halogenated alkanes) is 2. The molecule has 0 atom stereocenters. The minimum Gasteiger partial charge on any atom is -0.312 e. The van der Waals surface area contributed by atoms with E-state index < -0.39 is 0 Å². The van der Waals surface area contributed by atoms with Crippen LogP contribution >= 0.6 is 0 Å². The summed E-state index contributed by atoms with van der Waals surface area (Å²) in [5, 5.41) is 0. The van der Waals surface area contributed by atoms with Crippen LogP contribution in [0.5, 0.6) is 0 Å². The first-order valence-corrected chi connectivity index (χ1v) is 9.66. The van der Waals surface area contributed by atoms with Crippen molar-refractivity contribution < 1.29 is 4.79 Å². The Kier molecular flexibility index (Phi) is 7.55. The van der Waals surface area contributed by atoms with Gasteiger partial charge in [0.25, 0.3) is 0 Å². The zero-order chi connectivity index (χ0) is 17.4. The Balaban J connectivity index is 1.87. The predicted molar refractivity (Wildman–Crippen MR) is 104 cm³/mol. The third-order valence-electron chi connectivity index (χ3n) is 5.45. The Morgan fingerprint density at radius 3 is 2.38 bits per heavy atom. The van der Waals surface area contributed by atoms with Crippen molar-refractivity contribution in [3.05, 3.63) is 42.0 Å². The third-order valence-corrected chi connectivity index (χ3v) is 5.45. The van der Waals surface area contributed by atoms with E-state index in [0.29, 0.717) is 5.92 Å². The first-order valence-electron chi connectivity index (χ1n) is 9.66. The SMILES string of the molecule is C/C=C/C(=O)N(C)c1ccc(C2CCC(CCCCC)CC2)cc1. The lowest BCUT2D eigenvalue weighted by molar-refractivity contribution is -0.113. The van der Waals surface area contributed by atoms with Gasteiger partial charge in [-0.1, -0.05) is 50.8 Å². The molecular formula is C22H33NO. The molecule has 0 aliphatic heterocycles. The standard InChI is InChI=1S/C22H33NO/c1-4-6-7-9-18-10-12-19(13-11-18)20-14-16-21(17-15-20)23(3)22(24)8-5-2/h5,8,14-19H,4,6-7,9-13H2,1-3H3/b8-5+. The van der Waals surface area contributed by atoms with Crippen LogP contribution in [0.15, 0.2) is 36.4 Å². The predicted octanol–water partition coefficient (Wildman–Crippen LogP) is 6.08. The minimum atomic E-state index is 0.0258. The van der Waals surface area contributed by atoms with Gasteiger partial charge < -0.3 is 4.90 Å². The molecule has 1 amide bonds. The molecular weight excluding hydrogens is 294 g/mol. The molecule has 0 radical (unpaired) electrons. The summed E-state index contributed by atoms with van der Waals surface area (Å²) in [6.45, 7) is 4.15. The minimum absolute atomic E-state index is 0.0258. The Bertz CT molecular complexity index is 523. The Hall–Kier alpha value is -1.57. The summed E-state index contributed by atoms with van der Waals surface area (Å²) in [6.07, 6.45) is 14.4. The van der Waals surface area contributed by atoms with Gasteiger partial charge >= 0.3 is 0 Å². The van der Waals surface area contributed by atoms with Crippen LogP contribution in [-0.2, 0) is 4.79 Å². The first-order chi connectivity index (χ1) is 11.7. The molecule has 0 spiro atoms. The number of amides is 1. The summed E-state index contributed by atoms with van der Waals surface area (Å²) in [4.78, 5) is 13.6. The highest BCUT2D eigenvalue weighted by Gasteiger charge is 2.22. The van der Waals surface area contributed by atoms with Gasteiger partial charge in [0, 0.05) is 12.7 Å². The van der Waals surface area contributed by atoms with Crippen LogP contribution in [0.2, 0.25) is 0 Å². The fraction of sp³-hybridized carbons (Fsp3) is 0.591. The molecule has 1 aliphatic rings. The van der Waals surface area contributed by atoms with Crippen molar-refractivity contribution >= 4 is 11.6 Å². The highest BCUT2D eigenvalue weighted by Crippen LogP contribution is 2.38. The maximum absolute atomic E-state index is 11.9. The van der Waals surface area contributed by atoms with E-state index in [0.717, 1.165) is 11.6 Å². The van der Waals surface area contributed by atoms with E-state index in [1.165, 1.54) is 56.9 Å². The Morgan fingerprint density at radius 1 is 1.12 bits per heavy atom. The van der Waals surface area contributed by atoms with Crippen molar-refractivity contribution in [3.63, 3.8) is 0 Å². The molecule has 0 unspecified atom stereocenters. The van der Waals surface area contributed by atoms with Crippen molar-refractivity contribution in [1.82, 2.24) is 0 Å². The number of benzene rings is 1. The first kappa shape index (κ1) is 18.8. The van der Waals surface area contributed by atoms with Gasteiger partial charge in [0.2, 0.25) is 5.91 Å². The van der Waals surface area contributed by atoms with E-state index in [2.05, 4.69) is 31.2 Å². The van der Waals surface area contributed by atoms with Crippen molar-refractivity contribution in [2.75, 3.05) is 11.9 Å². The van der Waals surface area contributed by atoms with Crippen molar-refractivity contribution in [1.29, 1.82) is 0 Å². The molecule has 0 bridgehead atoms. The molecule has 2 rings (SSSR count). The number of carbonyl (C=O) groups is 1. The Morgan fingerprint density at radius 2 is 1.79 bits per heavy atom. The largest absolute Gasteiger partial charge is 0.312 e. The second-order valence-corrected chi connectivity index (χ2v) is 7.20. The topological polar surface area (TPSA) is 20.3 Å². The zero-order valence-electron chi connectivity index (χ0n) is 15.6. The molecule has 2 nitrogen and oxygen atoms in total. The van der Waals surface area contributed by atoms with Gasteiger partial charge in [-0.15, -0.1) is 0 Å². The van der Waals surface area contributed by atoms with E-state index in [-0.39, 0.29) is 5.91 Å². The van der Waals surface area contributed by atoms with Gasteiger partial charge in [0.1, 0.15) is 0 Å². The molecule has 1 fully saturated rings. The van der Waals surface area contributed by atoms with Crippen LogP contribution in [0.25, 0.3) is 0 Å². The van der Waals surface area contributed by atoms with Crippen molar-refractivity contribution in [2.24, 2.45) is 5.92 Å². The van der Waals surface area contributed by atoms with Gasteiger partial charge in [-0.05, 0) is 68.2 Å². The van der Waals surface area contributed by atoms with Crippen LogP contribution in [0.1, 0.15) is 76.7 Å². The molecule has 0 N–H and O–H groups in total. The second kappa shape index (κ2) is 9.66. The fourth-order valence-corrected chi connectivity index (χ4v) is 3.82. The van der Waals surface area contributed by atoms with Crippen LogP contribution in [0.3, 0.4) is 0 Å². The lowest BCUT2D eigenvalue weighted by atomic mass is 9.77. The van der Waals surface area contributed by atoms with Crippen LogP contribution in [-0.4, -0.2) is 13.0 Å². The summed E-state index contributed by atoms with van der Waals surface area (Å²) in [5.41, 5.74) is 2.41. The molecule has 24 heavy (non-hydrogen) atoms. The number of rotatable bonds is 7. The summed E-state index contributed by atoms with van der Waals surface area (Å²) in [7, 11) is 1.83. The van der Waals surface area contributed by atoms with E-state index >= 15 is 0 Å². The monoisotopic (exact) mass is 327 g/mol. The van der Waals surface area contributed by atoms with E-state index in [1.54, 1.807) is 17.1 Å². The lowest BCUT2D eigenvalue weighted by Crippen LogP contribution is -2.23. The molecule has 1 aliphatic carbocycles. The highest BCUT2D eigenvalue weighted by atomic mass is 16.2. The highest BCUT2D eigenvalue weighted by molar-refractivity contribution is 6.00. The average Bonchev–Trinajstić information content (AvgIpc) is 2.62. The van der Waals surface area contributed by atoms with E-state index in [4.69, 9.17) is 0 Å². The third kappa shape index (κ3) is 5.22. The summed E-state index contributed by atoms with van der Waals surface area (Å²) < 4.78 is 0. The molecule has 1 saturated carbocycles. The molecule has 1 aromatic carbocycles. The van der Waals surface area contributed by atoms with E-state index in [9.17, 15) is 4.79 Å². The molecule has 132 valence electrons. The maximum atomic E-state index is 11.9. The van der Waals surface area contributed by atoms with Crippen LogP contribution in [0, 0.1) is 5.92 Å². The van der Waals surface area contributed by atoms with Gasteiger partial charge in [0.05, 0.1) is 0 Å². The summed E-state index contributed by atoms with van der Waals surface area (Å²) in [6, 6.07) is 8.61. The van der Waals surface area contributed by atoms with Crippen LogP contribution < -0.4 is 4.90 Å². The second-order valence-electron chi connectivity index (χ2n) is 7.20. The maximum Gasteiger partial charge on any atom is 0.250 e. The van der Waals surface area contributed by atoms with Gasteiger partial charge in [-0.3, -0.25) is 4.79 Å². The van der Waals surface area contributed by atoms with Crippen molar-refractivity contribution in [2.45, 2.75) is 71.1 Å². The summed E-state index contributed by atoms with van der Waals surface area (Å²) in [5.74, 6) is 1.69. The number of hydrogen-bond donors (Lipinski definition) is 0. The lowest BCUT2D eigenvalue weighted by Gasteiger charge is -2.29. The van der Waals surface area contributed by atoms with Gasteiger partial charge in [-0.25, -0.2) is 0 Å². The zero-order valence-corrected chi connectivity index (χ0v) is 15.6. The fourth-order valence-electron chi connectivity index (χ4n) is 3.82. The average molecular weight is 328 g/mol. The molecule has 0 heterocycles. The number of carbonyl (C=O) groups excluding carboxylic acids is 1. The quantitative estimate of drug-likeness (QED) is 0.439. The summed E-state index contributed by atoms with van der Waals surface area (Å²) >= 11 is 0. The number of nitrogens with zero attached hydrogens (tertiary/aromatic N) is 1. The number of likely N-dealkylation sites (N-methyl/N-ethyl adjacent to an activating group) is 1. The number of anilines is 1. The molecule has 0 aromatic heterocycles. The van der Waals surface area contributed by atoms with Crippen molar-refractivity contribution in [3.8, 4) is 0 Å². The number of allylic oxidation sites excluding steroid dienone is 1. The van der Waals surface area contributed by atoms with Gasteiger partial charge in [-0.2, -0.15) is 0 Å². The normalized spacial score (nSPS) is 21.1. The molecule has 2 heteroatoms. The molecule has 0 saturated heterocycles. The van der Waals surface area contributed by atoms with Gasteiger partial charge in [0.15, 0.2) is 0 Å². The smallest absolute Gasteiger partial charge is 0.250 e. The number of hydrogen-bond acceptors (Lipinski definition) is 1.